The van der Waals surface area contributed by atoms with E-state index in [1.54, 1.807) is 12.1 Å². The van der Waals surface area contributed by atoms with Crippen molar-refractivity contribution in [3.63, 3.8) is 0 Å². The molecule has 3 nitrogen and oxygen atoms in total. The van der Waals surface area contributed by atoms with Crippen molar-refractivity contribution in [3.8, 4) is 5.75 Å². The Bertz CT molecular complexity index is 380. The van der Waals surface area contributed by atoms with Crippen LogP contribution < -0.4 is 10.5 Å². The zero-order valence-electron chi connectivity index (χ0n) is 10.8. The van der Waals surface area contributed by atoms with Crippen molar-refractivity contribution in [2.24, 2.45) is 5.73 Å². The van der Waals surface area contributed by atoms with Gasteiger partial charge in [-0.05, 0) is 26.8 Å². The maximum atomic E-state index is 13.8. The minimum atomic E-state index is -0.607. The molecule has 0 spiro atoms. The first-order valence-corrected chi connectivity index (χ1v) is 5.65. The molecular weight excluding hydrogens is 221 g/mol. The van der Waals surface area contributed by atoms with Crippen LogP contribution in [0.1, 0.15) is 32.4 Å². The molecule has 0 aliphatic rings. The minimum absolute atomic E-state index is 0.371. The Balaban J connectivity index is 3.00. The summed E-state index contributed by atoms with van der Waals surface area (Å²) in [6.07, 6.45) is 0. The number of rotatable bonds is 5. The van der Waals surface area contributed by atoms with Gasteiger partial charge in [0.2, 0.25) is 0 Å². The summed E-state index contributed by atoms with van der Waals surface area (Å²) < 4.78 is 24.3. The van der Waals surface area contributed by atoms with Crippen molar-refractivity contribution in [1.82, 2.24) is 0 Å². The Morgan fingerprint density at radius 1 is 1.41 bits per heavy atom. The van der Waals surface area contributed by atoms with E-state index in [0.29, 0.717) is 17.9 Å². The zero-order chi connectivity index (χ0) is 13.1. The first kappa shape index (κ1) is 13.9. The van der Waals surface area contributed by atoms with Gasteiger partial charge in [0.15, 0.2) is 0 Å². The number of nitrogens with two attached hydrogens (primary N) is 1. The fourth-order valence-corrected chi connectivity index (χ4v) is 1.72. The molecule has 1 aromatic carbocycles. The van der Waals surface area contributed by atoms with Crippen LogP contribution in [0, 0.1) is 5.82 Å². The highest BCUT2D eigenvalue weighted by molar-refractivity contribution is 5.31. The van der Waals surface area contributed by atoms with Crippen molar-refractivity contribution >= 4 is 0 Å². The molecule has 0 fully saturated rings. The van der Waals surface area contributed by atoms with E-state index in [1.807, 2.05) is 20.8 Å². The van der Waals surface area contributed by atoms with Gasteiger partial charge in [-0.2, -0.15) is 0 Å². The average molecular weight is 241 g/mol. The lowest BCUT2D eigenvalue weighted by molar-refractivity contribution is -0.0305. The van der Waals surface area contributed by atoms with Gasteiger partial charge in [-0.1, -0.05) is 6.07 Å². The second kappa shape index (κ2) is 5.47. The van der Waals surface area contributed by atoms with E-state index in [2.05, 4.69) is 0 Å². The van der Waals surface area contributed by atoms with E-state index < -0.39 is 11.6 Å². The summed E-state index contributed by atoms with van der Waals surface area (Å²) in [5.41, 5.74) is 5.87. The Kier molecular flexibility index (Phi) is 4.48. The first-order valence-electron chi connectivity index (χ1n) is 5.65. The molecule has 1 aromatic rings. The van der Waals surface area contributed by atoms with E-state index in [1.165, 1.54) is 13.2 Å². The Hall–Kier alpha value is -1.13. The topological polar surface area (TPSA) is 44.5 Å². The third kappa shape index (κ3) is 3.17. The zero-order valence-corrected chi connectivity index (χ0v) is 10.8. The van der Waals surface area contributed by atoms with Gasteiger partial charge in [-0.3, -0.25) is 0 Å². The average Bonchev–Trinajstić information content (AvgIpc) is 2.28. The number of benzene rings is 1. The van der Waals surface area contributed by atoms with Crippen LogP contribution in [0.4, 0.5) is 4.39 Å². The van der Waals surface area contributed by atoms with Crippen LogP contribution in [0.5, 0.6) is 5.75 Å². The van der Waals surface area contributed by atoms with Gasteiger partial charge in [0.25, 0.3) is 0 Å². The standard InChI is InChI=1S/C13H20FNO2/c1-5-17-13(2,3)12(15)10-7-6-9(16-4)8-11(10)14/h6-8,12H,5,15H2,1-4H3. The maximum absolute atomic E-state index is 13.8. The van der Waals surface area contributed by atoms with Crippen molar-refractivity contribution in [3.05, 3.63) is 29.6 Å². The summed E-state index contributed by atoms with van der Waals surface area (Å²) in [6, 6.07) is 4.14. The fraction of sp³-hybridized carbons (Fsp3) is 0.538. The summed E-state index contributed by atoms with van der Waals surface area (Å²) >= 11 is 0. The molecule has 1 unspecified atom stereocenters. The summed E-state index contributed by atoms with van der Waals surface area (Å²) in [4.78, 5) is 0. The summed E-state index contributed by atoms with van der Waals surface area (Å²) in [5.74, 6) is 0.109. The lowest BCUT2D eigenvalue weighted by atomic mass is 9.92. The number of methoxy groups -OCH3 is 1. The quantitative estimate of drug-likeness (QED) is 0.862. The van der Waals surface area contributed by atoms with Crippen molar-refractivity contribution in [2.75, 3.05) is 13.7 Å². The molecule has 0 aliphatic heterocycles. The molecule has 0 radical (unpaired) electrons. The van der Waals surface area contributed by atoms with Crippen molar-refractivity contribution in [1.29, 1.82) is 0 Å². The SMILES string of the molecule is CCOC(C)(C)C(N)c1ccc(OC)cc1F. The molecule has 0 saturated carbocycles. The van der Waals surface area contributed by atoms with Crippen LogP contribution in [0.25, 0.3) is 0 Å². The van der Waals surface area contributed by atoms with Crippen LogP contribution in [0.3, 0.4) is 0 Å². The van der Waals surface area contributed by atoms with Crippen LogP contribution in [0.15, 0.2) is 18.2 Å². The van der Waals surface area contributed by atoms with Gasteiger partial charge in [0.05, 0.1) is 18.8 Å². The number of hydrogen-bond acceptors (Lipinski definition) is 3. The number of halogens is 1. The van der Waals surface area contributed by atoms with Gasteiger partial charge in [-0.15, -0.1) is 0 Å². The minimum Gasteiger partial charge on any atom is -0.497 e. The molecule has 0 amide bonds. The Morgan fingerprint density at radius 3 is 2.53 bits per heavy atom. The predicted molar refractivity (Wildman–Crippen MR) is 65.6 cm³/mol. The third-order valence-corrected chi connectivity index (χ3v) is 2.81. The smallest absolute Gasteiger partial charge is 0.131 e. The summed E-state index contributed by atoms with van der Waals surface area (Å²) in [7, 11) is 1.50. The largest absolute Gasteiger partial charge is 0.497 e. The Morgan fingerprint density at radius 2 is 2.06 bits per heavy atom. The molecule has 1 rings (SSSR count). The Labute approximate surface area is 102 Å². The van der Waals surface area contributed by atoms with Crippen LogP contribution in [0.2, 0.25) is 0 Å². The third-order valence-electron chi connectivity index (χ3n) is 2.81. The van der Waals surface area contributed by atoms with Crippen LogP contribution in [-0.4, -0.2) is 19.3 Å². The highest BCUT2D eigenvalue weighted by Crippen LogP contribution is 2.29. The van der Waals surface area contributed by atoms with E-state index >= 15 is 0 Å². The lowest BCUT2D eigenvalue weighted by Gasteiger charge is -2.31. The second-order valence-electron chi connectivity index (χ2n) is 4.40. The second-order valence-corrected chi connectivity index (χ2v) is 4.40. The first-order chi connectivity index (χ1) is 7.92. The number of hydrogen-bond donors (Lipinski definition) is 1. The molecule has 0 heterocycles. The van der Waals surface area contributed by atoms with Gasteiger partial charge in [0, 0.05) is 18.2 Å². The lowest BCUT2D eigenvalue weighted by Crippen LogP contribution is -2.38. The maximum Gasteiger partial charge on any atom is 0.131 e. The molecule has 4 heteroatoms. The molecule has 1 atom stereocenters. The molecule has 96 valence electrons. The highest BCUT2D eigenvalue weighted by atomic mass is 19.1. The monoisotopic (exact) mass is 241 g/mol. The van der Waals surface area contributed by atoms with Gasteiger partial charge in [0.1, 0.15) is 11.6 Å². The molecular formula is C13H20FNO2. The van der Waals surface area contributed by atoms with E-state index in [-0.39, 0.29) is 5.82 Å². The molecule has 0 aliphatic carbocycles. The highest BCUT2D eigenvalue weighted by Gasteiger charge is 2.30. The van der Waals surface area contributed by atoms with Crippen molar-refractivity contribution < 1.29 is 13.9 Å². The normalized spacial score (nSPS) is 13.5. The van der Waals surface area contributed by atoms with Crippen LogP contribution in [-0.2, 0) is 4.74 Å². The van der Waals surface area contributed by atoms with Gasteiger partial charge < -0.3 is 15.2 Å². The molecule has 17 heavy (non-hydrogen) atoms. The molecule has 0 aromatic heterocycles. The molecule has 0 bridgehead atoms. The number of ether oxygens (including phenoxy) is 2. The molecule has 2 N–H and O–H groups in total. The van der Waals surface area contributed by atoms with Crippen molar-refractivity contribution in [2.45, 2.75) is 32.4 Å². The van der Waals surface area contributed by atoms with Gasteiger partial charge >= 0.3 is 0 Å². The van der Waals surface area contributed by atoms with E-state index in [0.717, 1.165) is 0 Å². The van der Waals surface area contributed by atoms with Gasteiger partial charge in [-0.25, -0.2) is 4.39 Å². The van der Waals surface area contributed by atoms with E-state index in [4.69, 9.17) is 15.2 Å². The summed E-state index contributed by atoms with van der Waals surface area (Å²) in [6.45, 7) is 6.13. The predicted octanol–water partition coefficient (Wildman–Crippen LogP) is 2.65. The van der Waals surface area contributed by atoms with E-state index in [9.17, 15) is 4.39 Å². The fourth-order valence-electron chi connectivity index (χ4n) is 1.72. The summed E-state index contributed by atoms with van der Waals surface area (Å²) in [5, 5.41) is 0. The molecule has 0 saturated heterocycles. The van der Waals surface area contributed by atoms with Crippen LogP contribution >= 0.6 is 0 Å².